The third-order valence-corrected chi connectivity index (χ3v) is 3.90. The van der Waals surface area contributed by atoms with E-state index in [1.165, 1.54) is 4.90 Å². The summed E-state index contributed by atoms with van der Waals surface area (Å²) in [4.78, 5) is 18.3. The highest BCUT2D eigenvalue weighted by Crippen LogP contribution is 2.35. The van der Waals surface area contributed by atoms with Gasteiger partial charge in [0.05, 0.1) is 25.4 Å². The van der Waals surface area contributed by atoms with E-state index < -0.39 is 24.6 Å². The van der Waals surface area contributed by atoms with Gasteiger partial charge in [-0.25, -0.2) is 13.8 Å². The second-order valence-electron chi connectivity index (χ2n) is 7.69. The summed E-state index contributed by atoms with van der Waals surface area (Å²) in [7, 11) is 0. The van der Waals surface area contributed by atoms with Crippen molar-refractivity contribution in [2.24, 2.45) is 5.92 Å². The summed E-state index contributed by atoms with van der Waals surface area (Å²) in [5.41, 5.74) is 0.106. The van der Waals surface area contributed by atoms with E-state index in [2.05, 4.69) is 10.3 Å². The molecule has 1 aromatic heterocycles. The molecule has 0 atom stereocenters. The molecule has 24 heavy (non-hydrogen) atoms. The SMILES string of the molecule is CC(C)(C)NC(=O)c1nc(OCC2CC2)ccc1N1CC(F)(F)C1. The maximum absolute atomic E-state index is 13.2. The zero-order valence-electron chi connectivity index (χ0n) is 14.2. The molecular formula is C17H23F2N3O2. The molecule has 0 unspecified atom stereocenters. The topological polar surface area (TPSA) is 54.5 Å². The van der Waals surface area contributed by atoms with Crippen LogP contribution in [0.25, 0.3) is 0 Å². The molecule has 1 N–H and O–H groups in total. The van der Waals surface area contributed by atoms with Crippen molar-refractivity contribution in [2.45, 2.75) is 45.1 Å². The standard InChI is InChI=1S/C17H23F2N3O2/c1-16(2,3)21-15(23)14-12(22-9-17(18,19)10-22)6-7-13(20-14)24-8-11-4-5-11/h6-7,11H,4-5,8-10H2,1-3H3,(H,21,23). The first kappa shape index (κ1) is 16.9. The second-order valence-corrected chi connectivity index (χ2v) is 7.69. The third-order valence-electron chi connectivity index (χ3n) is 3.90. The Hall–Kier alpha value is -1.92. The first-order valence-electron chi connectivity index (χ1n) is 8.22. The summed E-state index contributed by atoms with van der Waals surface area (Å²) in [5.74, 6) is -2.17. The molecule has 2 heterocycles. The van der Waals surface area contributed by atoms with Gasteiger partial charge in [-0.1, -0.05) is 0 Å². The fourth-order valence-electron chi connectivity index (χ4n) is 2.51. The number of amides is 1. The van der Waals surface area contributed by atoms with Crippen molar-refractivity contribution in [3.8, 4) is 5.88 Å². The molecule has 1 aromatic rings. The lowest BCUT2D eigenvalue weighted by molar-refractivity contribution is -0.0264. The zero-order chi connectivity index (χ0) is 17.5. The molecule has 1 amide bonds. The lowest BCUT2D eigenvalue weighted by Gasteiger charge is -2.41. The number of alkyl halides is 2. The molecule has 0 spiro atoms. The van der Waals surface area contributed by atoms with E-state index in [-0.39, 0.29) is 11.6 Å². The van der Waals surface area contributed by atoms with Crippen LogP contribution in [0, 0.1) is 5.92 Å². The highest BCUT2D eigenvalue weighted by molar-refractivity contribution is 5.98. The summed E-state index contributed by atoms with van der Waals surface area (Å²) >= 11 is 0. The Bertz CT molecular complexity index is 631. The third kappa shape index (κ3) is 4.13. The molecule has 0 bridgehead atoms. The van der Waals surface area contributed by atoms with Crippen LogP contribution in [0.3, 0.4) is 0 Å². The summed E-state index contributed by atoms with van der Waals surface area (Å²) in [6, 6.07) is 3.28. The van der Waals surface area contributed by atoms with Crippen molar-refractivity contribution in [3.63, 3.8) is 0 Å². The monoisotopic (exact) mass is 339 g/mol. The lowest BCUT2D eigenvalue weighted by Crippen LogP contribution is -2.57. The molecule has 5 nitrogen and oxygen atoms in total. The maximum atomic E-state index is 13.2. The number of carbonyl (C=O) groups excluding carboxylic acids is 1. The van der Waals surface area contributed by atoms with Crippen LogP contribution < -0.4 is 15.0 Å². The Morgan fingerprint density at radius 3 is 2.58 bits per heavy atom. The maximum Gasteiger partial charge on any atom is 0.282 e. The average Bonchev–Trinajstić information content (AvgIpc) is 3.24. The Kier molecular flexibility index (Phi) is 4.13. The van der Waals surface area contributed by atoms with Crippen molar-refractivity contribution in [1.82, 2.24) is 10.3 Å². The van der Waals surface area contributed by atoms with Crippen LogP contribution in [-0.2, 0) is 0 Å². The molecule has 1 aliphatic heterocycles. The molecular weight excluding hydrogens is 316 g/mol. The molecule has 0 radical (unpaired) electrons. The number of hydrogen-bond donors (Lipinski definition) is 1. The van der Waals surface area contributed by atoms with E-state index in [0.717, 1.165) is 12.8 Å². The number of halogens is 2. The molecule has 1 aliphatic carbocycles. The molecule has 132 valence electrons. The van der Waals surface area contributed by atoms with E-state index in [9.17, 15) is 13.6 Å². The number of hydrogen-bond acceptors (Lipinski definition) is 4. The Morgan fingerprint density at radius 2 is 2.04 bits per heavy atom. The summed E-state index contributed by atoms with van der Waals surface area (Å²) in [6.45, 7) is 5.36. The van der Waals surface area contributed by atoms with Gasteiger partial charge in [0.2, 0.25) is 5.88 Å². The molecule has 1 saturated carbocycles. The van der Waals surface area contributed by atoms with Crippen molar-refractivity contribution in [1.29, 1.82) is 0 Å². The van der Waals surface area contributed by atoms with Gasteiger partial charge in [-0.2, -0.15) is 0 Å². The quantitative estimate of drug-likeness (QED) is 0.896. The van der Waals surface area contributed by atoms with E-state index in [1.54, 1.807) is 12.1 Å². The minimum atomic E-state index is -2.71. The van der Waals surface area contributed by atoms with E-state index in [0.29, 0.717) is 24.1 Å². The van der Waals surface area contributed by atoms with Crippen LogP contribution >= 0.6 is 0 Å². The van der Waals surface area contributed by atoms with Crippen LogP contribution in [0.1, 0.15) is 44.1 Å². The molecule has 2 aliphatic rings. The smallest absolute Gasteiger partial charge is 0.282 e. The van der Waals surface area contributed by atoms with E-state index in [1.807, 2.05) is 20.8 Å². The van der Waals surface area contributed by atoms with Gasteiger partial charge in [0.25, 0.3) is 11.8 Å². The second kappa shape index (κ2) is 5.86. The number of carbonyl (C=O) groups is 1. The summed E-state index contributed by atoms with van der Waals surface area (Å²) in [5, 5.41) is 2.83. The molecule has 3 rings (SSSR count). The fraction of sp³-hybridized carbons (Fsp3) is 0.647. The molecule has 0 aromatic carbocycles. The fourth-order valence-corrected chi connectivity index (χ4v) is 2.51. The molecule has 1 saturated heterocycles. The number of pyridine rings is 1. The van der Waals surface area contributed by atoms with Crippen molar-refractivity contribution < 1.29 is 18.3 Å². The van der Waals surface area contributed by atoms with Crippen LogP contribution in [0.2, 0.25) is 0 Å². The number of rotatable bonds is 5. The Labute approximate surface area is 140 Å². The predicted molar refractivity (Wildman–Crippen MR) is 86.8 cm³/mol. The van der Waals surface area contributed by atoms with E-state index >= 15 is 0 Å². The van der Waals surface area contributed by atoms with Gasteiger partial charge in [0, 0.05) is 11.6 Å². The van der Waals surface area contributed by atoms with Gasteiger partial charge in [-0.05, 0) is 45.6 Å². The first-order chi connectivity index (χ1) is 11.1. The van der Waals surface area contributed by atoms with Gasteiger partial charge < -0.3 is 15.0 Å². The van der Waals surface area contributed by atoms with Crippen LogP contribution in [0.15, 0.2) is 12.1 Å². The van der Waals surface area contributed by atoms with Gasteiger partial charge in [0.1, 0.15) is 0 Å². The first-order valence-corrected chi connectivity index (χ1v) is 8.22. The molecule has 2 fully saturated rings. The van der Waals surface area contributed by atoms with Crippen molar-refractivity contribution >= 4 is 11.6 Å². The highest BCUT2D eigenvalue weighted by Gasteiger charge is 2.45. The van der Waals surface area contributed by atoms with Crippen LogP contribution in [-0.4, -0.2) is 42.0 Å². The number of aromatic nitrogens is 1. The van der Waals surface area contributed by atoms with Crippen LogP contribution in [0.4, 0.5) is 14.5 Å². The Balaban J connectivity index is 1.81. The summed E-state index contributed by atoms with van der Waals surface area (Å²) in [6.07, 6.45) is 2.30. The van der Waals surface area contributed by atoms with E-state index in [4.69, 9.17) is 4.74 Å². The highest BCUT2D eigenvalue weighted by atomic mass is 19.3. The largest absolute Gasteiger partial charge is 0.477 e. The average molecular weight is 339 g/mol. The minimum absolute atomic E-state index is 0.133. The van der Waals surface area contributed by atoms with Crippen molar-refractivity contribution in [3.05, 3.63) is 17.8 Å². The van der Waals surface area contributed by atoms with Gasteiger partial charge >= 0.3 is 0 Å². The number of nitrogens with zero attached hydrogens (tertiary/aromatic N) is 2. The molecule has 7 heteroatoms. The summed E-state index contributed by atoms with van der Waals surface area (Å²) < 4.78 is 32.0. The number of anilines is 1. The van der Waals surface area contributed by atoms with Crippen LogP contribution in [0.5, 0.6) is 5.88 Å². The van der Waals surface area contributed by atoms with Crippen molar-refractivity contribution in [2.75, 3.05) is 24.6 Å². The van der Waals surface area contributed by atoms with Gasteiger partial charge in [0.15, 0.2) is 5.69 Å². The normalized spacial score (nSPS) is 19.6. The number of nitrogens with one attached hydrogen (secondary N) is 1. The predicted octanol–water partition coefficient (Wildman–Crippen LogP) is 2.85. The number of ether oxygens (including phenoxy) is 1. The lowest BCUT2D eigenvalue weighted by atomic mass is 10.1. The Morgan fingerprint density at radius 1 is 1.38 bits per heavy atom. The van der Waals surface area contributed by atoms with Gasteiger partial charge in [-0.15, -0.1) is 0 Å². The zero-order valence-corrected chi connectivity index (χ0v) is 14.2. The van der Waals surface area contributed by atoms with Gasteiger partial charge in [-0.3, -0.25) is 4.79 Å². The minimum Gasteiger partial charge on any atom is -0.477 e.